The van der Waals surface area contributed by atoms with E-state index in [1.54, 1.807) is 0 Å². The molecule has 0 aromatic rings. The third kappa shape index (κ3) is 6.83. The van der Waals surface area contributed by atoms with Gasteiger partial charge in [0.1, 0.15) is 30.5 Å². The first-order valence-corrected chi connectivity index (χ1v) is 12.6. The standard InChI is InChI=1S/C24H41NO9/c26-12-16-19(29)23(34-24-22(32)21(31)20(30)18(13-27)33-24)15(25-16)10-5-3-1-2-4-8-14-9-6-7-11-17(14)28/h9,15-16,18-27,29-32H,1-8,10-13H2/t15-,16-,18-,19+,20-,21+,22-,23-,24+/m1/s1. The molecule has 10 nitrogen and oxygen atoms in total. The number of Topliss-reactive ketones (excluding diaryl/α,β-unsaturated/α-hetero) is 1. The Kier molecular flexibility index (Phi) is 10.9. The van der Waals surface area contributed by atoms with E-state index >= 15 is 0 Å². The number of carbonyl (C=O) groups is 1. The van der Waals surface area contributed by atoms with Crippen LogP contribution in [0.25, 0.3) is 0 Å². The fourth-order valence-electron chi connectivity index (χ4n) is 5.12. The first kappa shape index (κ1) is 27.6. The predicted octanol–water partition coefficient (Wildman–Crippen LogP) is -0.725. The van der Waals surface area contributed by atoms with Gasteiger partial charge in [0.2, 0.25) is 0 Å². The summed E-state index contributed by atoms with van der Waals surface area (Å²) in [6, 6.07) is -0.897. The van der Waals surface area contributed by atoms with Gasteiger partial charge in [-0.25, -0.2) is 0 Å². The van der Waals surface area contributed by atoms with Gasteiger partial charge in [0.05, 0.1) is 25.4 Å². The van der Waals surface area contributed by atoms with Crippen LogP contribution in [-0.4, -0.2) is 105 Å². The van der Waals surface area contributed by atoms with Gasteiger partial charge in [-0.2, -0.15) is 0 Å². The summed E-state index contributed by atoms with van der Waals surface area (Å²) < 4.78 is 11.3. The Bertz CT molecular complexity index is 673. The molecular formula is C24H41NO9. The number of unbranched alkanes of at least 4 members (excludes halogenated alkanes) is 4. The van der Waals surface area contributed by atoms with Gasteiger partial charge in [-0.3, -0.25) is 4.79 Å². The van der Waals surface area contributed by atoms with Gasteiger partial charge < -0.3 is 45.4 Å². The molecule has 2 fully saturated rings. The second-order valence-electron chi connectivity index (χ2n) is 9.70. The van der Waals surface area contributed by atoms with Crippen LogP contribution in [0.4, 0.5) is 0 Å². The number of aliphatic hydroxyl groups is 6. The average molecular weight is 488 g/mol. The Morgan fingerprint density at radius 1 is 0.912 bits per heavy atom. The van der Waals surface area contributed by atoms with Crippen molar-refractivity contribution in [2.24, 2.45) is 0 Å². The maximum Gasteiger partial charge on any atom is 0.187 e. The van der Waals surface area contributed by atoms with E-state index in [4.69, 9.17) is 9.47 Å². The summed E-state index contributed by atoms with van der Waals surface area (Å²) in [4.78, 5) is 11.9. The summed E-state index contributed by atoms with van der Waals surface area (Å²) in [5, 5.41) is 63.0. The monoisotopic (exact) mass is 487 g/mol. The van der Waals surface area contributed by atoms with Crippen LogP contribution in [0.5, 0.6) is 0 Å². The van der Waals surface area contributed by atoms with Crippen LogP contribution in [0.15, 0.2) is 11.6 Å². The first-order valence-electron chi connectivity index (χ1n) is 12.6. The highest BCUT2D eigenvalue weighted by atomic mass is 16.7. The van der Waals surface area contributed by atoms with Crippen molar-refractivity contribution >= 4 is 5.78 Å². The van der Waals surface area contributed by atoms with E-state index in [2.05, 4.69) is 11.4 Å². The number of nitrogens with one attached hydrogen (secondary N) is 1. The lowest BCUT2D eigenvalue weighted by Gasteiger charge is -2.41. The van der Waals surface area contributed by atoms with Crippen LogP contribution in [0.1, 0.15) is 64.2 Å². The maximum absolute atomic E-state index is 11.9. The number of allylic oxidation sites excluding steroid dienone is 2. The Morgan fingerprint density at radius 3 is 2.35 bits per heavy atom. The predicted molar refractivity (Wildman–Crippen MR) is 122 cm³/mol. The van der Waals surface area contributed by atoms with Crippen LogP contribution >= 0.6 is 0 Å². The molecule has 2 heterocycles. The average Bonchev–Trinajstić information content (AvgIpc) is 3.14. The molecule has 0 bridgehead atoms. The topological polar surface area (TPSA) is 169 Å². The number of rotatable bonds is 12. The molecule has 0 saturated carbocycles. The number of ether oxygens (including phenoxy) is 2. The minimum atomic E-state index is -1.56. The van der Waals surface area contributed by atoms with Crippen LogP contribution in [0, 0.1) is 0 Å². The fraction of sp³-hybridized carbons (Fsp3) is 0.875. The van der Waals surface area contributed by atoms with E-state index in [1.165, 1.54) is 0 Å². The van der Waals surface area contributed by atoms with E-state index in [0.29, 0.717) is 18.6 Å². The molecule has 196 valence electrons. The smallest absolute Gasteiger partial charge is 0.187 e. The summed E-state index contributed by atoms with van der Waals surface area (Å²) in [6.07, 6.45) is 2.23. The van der Waals surface area contributed by atoms with Gasteiger partial charge in [0, 0.05) is 12.5 Å². The summed E-state index contributed by atoms with van der Waals surface area (Å²) >= 11 is 0. The minimum absolute atomic E-state index is 0.291. The lowest BCUT2D eigenvalue weighted by molar-refractivity contribution is -0.316. The molecular weight excluding hydrogens is 446 g/mol. The molecule has 2 aliphatic heterocycles. The van der Waals surface area contributed by atoms with Gasteiger partial charge in [-0.05, 0) is 37.7 Å². The second-order valence-corrected chi connectivity index (χ2v) is 9.70. The van der Waals surface area contributed by atoms with E-state index in [1.807, 2.05) is 0 Å². The summed E-state index contributed by atoms with van der Waals surface area (Å²) in [6.45, 7) is -0.856. The van der Waals surface area contributed by atoms with E-state index in [-0.39, 0.29) is 12.6 Å². The van der Waals surface area contributed by atoms with Gasteiger partial charge in [-0.1, -0.05) is 31.8 Å². The zero-order chi connectivity index (χ0) is 24.7. The molecule has 0 spiro atoms. The molecule has 3 aliphatic rings. The number of hydrogen-bond acceptors (Lipinski definition) is 10. The fourth-order valence-corrected chi connectivity index (χ4v) is 5.12. The molecule has 9 atom stereocenters. The summed E-state index contributed by atoms with van der Waals surface area (Å²) in [5.74, 6) is 0.293. The number of carbonyl (C=O) groups excluding carboxylic acids is 1. The molecule has 0 radical (unpaired) electrons. The van der Waals surface area contributed by atoms with Gasteiger partial charge in [0.25, 0.3) is 0 Å². The molecule has 34 heavy (non-hydrogen) atoms. The van der Waals surface area contributed by atoms with Crippen molar-refractivity contribution in [1.82, 2.24) is 5.32 Å². The lowest BCUT2D eigenvalue weighted by Crippen LogP contribution is -2.60. The third-order valence-electron chi connectivity index (χ3n) is 7.23. The van der Waals surface area contributed by atoms with Crippen LogP contribution in [-0.2, 0) is 14.3 Å². The molecule has 0 unspecified atom stereocenters. The van der Waals surface area contributed by atoms with E-state index in [0.717, 1.165) is 56.9 Å². The molecule has 7 N–H and O–H groups in total. The van der Waals surface area contributed by atoms with Crippen LogP contribution in [0.2, 0.25) is 0 Å². The quantitative estimate of drug-likeness (QED) is 0.174. The number of ketones is 1. The Hall–Kier alpha value is -0.950. The molecule has 0 amide bonds. The molecule has 1 aliphatic carbocycles. The van der Waals surface area contributed by atoms with Crippen molar-refractivity contribution in [1.29, 1.82) is 0 Å². The highest BCUT2D eigenvalue weighted by Gasteiger charge is 2.49. The largest absolute Gasteiger partial charge is 0.395 e. The molecule has 3 rings (SSSR count). The molecule has 0 aromatic heterocycles. The molecule has 10 heteroatoms. The van der Waals surface area contributed by atoms with Crippen molar-refractivity contribution in [3.8, 4) is 0 Å². The summed E-state index contributed by atoms with van der Waals surface area (Å²) in [5.41, 5.74) is 0.985. The highest BCUT2D eigenvalue weighted by Crippen LogP contribution is 2.29. The van der Waals surface area contributed by atoms with Crippen LogP contribution < -0.4 is 5.32 Å². The molecule has 2 saturated heterocycles. The zero-order valence-electron chi connectivity index (χ0n) is 19.7. The van der Waals surface area contributed by atoms with Crippen molar-refractivity contribution in [3.05, 3.63) is 11.6 Å². The maximum atomic E-state index is 11.9. The first-order chi connectivity index (χ1) is 16.4. The van der Waals surface area contributed by atoms with Gasteiger partial charge in [0.15, 0.2) is 12.1 Å². The highest BCUT2D eigenvalue weighted by molar-refractivity contribution is 5.95. The SMILES string of the molecule is O=C1CCCC=C1CCCCCCC[C@H]1N[C@H](CO)[C@H](O)[C@@H]1O[C@@H]1O[C@H](CO)[C@@H](O)[C@H](O)[C@H]1O. The lowest BCUT2D eigenvalue weighted by atomic mass is 9.93. The van der Waals surface area contributed by atoms with Crippen molar-refractivity contribution < 1.29 is 44.9 Å². The minimum Gasteiger partial charge on any atom is -0.395 e. The van der Waals surface area contributed by atoms with E-state index in [9.17, 15) is 35.4 Å². The van der Waals surface area contributed by atoms with Crippen molar-refractivity contribution in [2.45, 2.75) is 119 Å². The van der Waals surface area contributed by atoms with Crippen molar-refractivity contribution in [2.75, 3.05) is 13.2 Å². The number of aliphatic hydroxyl groups excluding tert-OH is 6. The Balaban J connectivity index is 1.44. The third-order valence-corrected chi connectivity index (χ3v) is 7.23. The van der Waals surface area contributed by atoms with Gasteiger partial charge in [-0.15, -0.1) is 0 Å². The second kappa shape index (κ2) is 13.4. The summed E-state index contributed by atoms with van der Waals surface area (Å²) in [7, 11) is 0. The number of hydrogen-bond donors (Lipinski definition) is 7. The van der Waals surface area contributed by atoms with Crippen LogP contribution in [0.3, 0.4) is 0 Å². The zero-order valence-corrected chi connectivity index (χ0v) is 19.7. The van der Waals surface area contributed by atoms with E-state index < -0.39 is 55.6 Å². The Labute approximate surface area is 200 Å². The van der Waals surface area contributed by atoms with Crippen molar-refractivity contribution in [3.63, 3.8) is 0 Å². The molecule has 0 aromatic carbocycles. The van der Waals surface area contributed by atoms with Gasteiger partial charge >= 0.3 is 0 Å². The Morgan fingerprint density at radius 2 is 1.65 bits per heavy atom. The normalized spacial score (nSPS) is 38.8.